The number of carbonyl (C=O) groups excluding carboxylic acids is 1. The molecule has 0 bridgehead atoms. The summed E-state index contributed by atoms with van der Waals surface area (Å²) in [6, 6.07) is 0.0764. The van der Waals surface area contributed by atoms with Crippen molar-refractivity contribution in [2.45, 2.75) is 57.4 Å². The molecule has 0 aromatic heterocycles. The summed E-state index contributed by atoms with van der Waals surface area (Å²) in [7, 11) is 0. The van der Waals surface area contributed by atoms with Gasteiger partial charge in [0.05, 0.1) is 6.04 Å². The summed E-state index contributed by atoms with van der Waals surface area (Å²) in [6.45, 7) is 1.94. The molecule has 0 spiro atoms. The molecule has 0 radical (unpaired) electrons. The molecule has 1 saturated heterocycles. The molecule has 3 rings (SSSR count). The number of amides is 1. The molecule has 3 fully saturated rings. The third-order valence-electron chi connectivity index (χ3n) is 4.83. The highest BCUT2D eigenvalue weighted by Crippen LogP contribution is 2.60. The van der Waals surface area contributed by atoms with Gasteiger partial charge in [0.15, 0.2) is 0 Å². The SMILES string of the molecule is O=C(NCC1(C2CC2)CC1)C1CCCCCN1. The Hall–Kier alpha value is -0.570. The van der Waals surface area contributed by atoms with Crippen LogP contribution in [-0.4, -0.2) is 25.0 Å². The van der Waals surface area contributed by atoms with E-state index in [4.69, 9.17) is 0 Å². The summed E-state index contributed by atoms with van der Waals surface area (Å²) in [6.07, 6.45) is 10.2. The van der Waals surface area contributed by atoms with E-state index in [-0.39, 0.29) is 11.9 Å². The summed E-state index contributed by atoms with van der Waals surface area (Å²) in [5.74, 6) is 1.18. The average molecular weight is 236 g/mol. The van der Waals surface area contributed by atoms with Crippen LogP contribution >= 0.6 is 0 Å². The van der Waals surface area contributed by atoms with Crippen LogP contribution in [-0.2, 0) is 4.79 Å². The lowest BCUT2D eigenvalue weighted by Crippen LogP contribution is -2.45. The van der Waals surface area contributed by atoms with Crippen molar-refractivity contribution in [1.29, 1.82) is 0 Å². The molecule has 1 atom stereocenters. The van der Waals surface area contributed by atoms with E-state index in [1.807, 2.05) is 0 Å². The van der Waals surface area contributed by atoms with Gasteiger partial charge in [0, 0.05) is 6.54 Å². The molecular weight excluding hydrogens is 212 g/mol. The van der Waals surface area contributed by atoms with Gasteiger partial charge in [0.2, 0.25) is 5.91 Å². The third-order valence-corrected chi connectivity index (χ3v) is 4.83. The lowest BCUT2D eigenvalue weighted by Gasteiger charge is -2.19. The molecule has 2 N–H and O–H groups in total. The second-order valence-electron chi connectivity index (χ2n) is 6.21. The van der Waals surface area contributed by atoms with E-state index >= 15 is 0 Å². The largest absolute Gasteiger partial charge is 0.354 e. The minimum Gasteiger partial charge on any atom is -0.354 e. The average Bonchev–Trinajstić information content (AvgIpc) is 3.23. The highest BCUT2D eigenvalue weighted by Gasteiger charge is 2.53. The van der Waals surface area contributed by atoms with Crippen molar-refractivity contribution in [3.8, 4) is 0 Å². The molecule has 1 unspecified atom stereocenters. The van der Waals surface area contributed by atoms with Crippen LogP contribution in [0.2, 0.25) is 0 Å². The van der Waals surface area contributed by atoms with Gasteiger partial charge in [-0.2, -0.15) is 0 Å². The Morgan fingerprint density at radius 2 is 2.00 bits per heavy atom. The van der Waals surface area contributed by atoms with Crippen LogP contribution in [0.4, 0.5) is 0 Å². The predicted molar refractivity (Wildman–Crippen MR) is 67.7 cm³/mol. The molecule has 0 aromatic rings. The van der Waals surface area contributed by atoms with Gasteiger partial charge in [-0.25, -0.2) is 0 Å². The van der Waals surface area contributed by atoms with Crippen LogP contribution in [0.25, 0.3) is 0 Å². The van der Waals surface area contributed by atoms with Crippen molar-refractivity contribution in [2.75, 3.05) is 13.1 Å². The van der Waals surface area contributed by atoms with E-state index < -0.39 is 0 Å². The van der Waals surface area contributed by atoms with Crippen molar-refractivity contribution >= 4 is 5.91 Å². The maximum atomic E-state index is 12.1. The topological polar surface area (TPSA) is 41.1 Å². The molecule has 0 aromatic carbocycles. The van der Waals surface area contributed by atoms with Gasteiger partial charge >= 0.3 is 0 Å². The fourth-order valence-electron chi connectivity index (χ4n) is 3.22. The monoisotopic (exact) mass is 236 g/mol. The van der Waals surface area contributed by atoms with Gasteiger partial charge in [0.25, 0.3) is 0 Å². The maximum absolute atomic E-state index is 12.1. The zero-order valence-corrected chi connectivity index (χ0v) is 10.6. The number of hydrogen-bond acceptors (Lipinski definition) is 2. The fraction of sp³-hybridized carbons (Fsp3) is 0.929. The van der Waals surface area contributed by atoms with Crippen molar-refractivity contribution in [3.05, 3.63) is 0 Å². The molecular formula is C14H24N2O. The van der Waals surface area contributed by atoms with Gasteiger partial charge in [0.1, 0.15) is 0 Å². The molecule has 96 valence electrons. The van der Waals surface area contributed by atoms with Crippen molar-refractivity contribution in [1.82, 2.24) is 10.6 Å². The molecule has 1 amide bonds. The van der Waals surface area contributed by atoms with Gasteiger partial charge < -0.3 is 10.6 Å². The minimum absolute atomic E-state index is 0.0764. The first-order valence-electron chi connectivity index (χ1n) is 7.31. The zero-order valence-electron chi connectivity index (χ0n) is 10.6. The van der Waals surface area contributed by atoms with E-state index in [1.54, 1.807) is 0 Å². The van der Waals surface area contributed by atoms with Gasteiger partial charge in [-0.05, 0) is 56.4 Å². The highest BCUT2D eigenvalue weighted by atomic mass is 16.2. The highest BCUT2D eigenvalue weighted by molar-refractivity contribution is 5.81. The smallest absolute Gasteiger partial charge is 0.237 e. The van der Waals surface area contributed by atoms with E-state index in [2.05, 4.69) is 10.6 Å². The Morgan fingerprint density at radius 3 is 2.71 bits per heavy atom. The Kier molecular flexibility index (Phi) is 3.12. The van der Waals surface area contributed by atoms with Gasteiger partial charge in [-0.3, -0.25) is 4.79 Å². The Labute approximate surface area is 104 Å². The van der Waals surface area contributed by atoms with E-state index in [0.29, 0.717) is 5.41 Å². The second kappa shape index (κ2) is 4.60. The zero-order chi connectivity index (χ0) is 11.7. The lowest BCUT2D eigenvalue weighted by atomic mass is 10.0. The quantitative estimate of drug-likeness (QED) is 0.782. The Balaban J connectivity index is 1.46. The van der Waals surface area contributed by atoms with E-state index in [1.165, 1.54) is 44.9 Å². The first-order chi connectivity index (χ1) is 8.30. The van der Waals surface area contributed by atoms with Crippen LogP contribution in [0.5, 0.6) is 0 Å². The first-order valence-corrected chi connectivity index (χ1v) is 7.31. The molecule has 3 aliphatic rings. The van der Waals surface area contributed by atoms with Crippen molar-refractivity contribution in [2.24, 2.45) is 11.3 Å². The van der Waals surface area contributed by atoms with Crippen molar-refractivity contribution < 1.29 is 4.79 Å². The normalized spacial score (nSPS) is 31.6. The molecule has 17 heavy (non-hydrogen) atoms. The first kappa shape index (κ1) is 11.5. The number of nitrogens with one attached hydrogen (secondary N) is 2. The second-order valence-corrected chi connectivity index (χ2v) is 6.21. The standard InChI is InChI=1S/C14H24N2O/c17-13(12-4-2-1-3-9-15-12)16-10-14(7-8-14)11-5-6-11/h11-12,15H,1-10H2,(H,16,17). The summed E-state index contributed by atoms with van der Waals surface area (Å²) in [5, 5.41) is 6.57. The summed E-state index contributed by atoms with van der Waals surface area (Å²) in [4.78, 5) is 12.1. The maximum Gasteiger partial charge on any atom is 0.237 e. The van der Waals surface area contributed by atoms with E-state index in [0.717, 1.165) is 25.4 Å². The van der Waals surface area contributed by atoms with Crippen molar-refractivity contribution in [3.63, 3.8) is 0 Å². The van der Waals surface area contributed by atoms with Gasteiger partial charge in [-0.15, -0.1) is 0 Å². The minimum atomic E-state index is 0.0764. The lowest BCUT2D eigenvalue weighted by molar-refractivity contribution is -0.123. The Morgan fingerprint density at radius 1 is 1.18 bits per heavy atom. The fourth-order valence-corrected chi connectivity index (χ4v) is 3.22. The number of rotatable bonds is 4. The van der Waals surface area contributed by atoms with Gasteiger partial charge in [-0.1, -0.05) is 12.8 Å². The van der Waals surface area contributed by atoms with Crippen LogP contribution in [0, 0.1) is 11.3 Å². The third kappa shape index (κ3) is 2.65. The summed E-state index contributed by atoms with van der Waals surface area (Å²) < 4.78 is 0. The van der Waals surface area contributed by atoms with Crippen LogP contribution < -0.4 is 10.6 Å². The molecule has 1 heterocycles. The molecule has 1 aliphatic heterocycles. The van der Waals surface area contributed by atoms with Crippen LogP contribution in [0.3, 0.4) is 0 Å². The molecule has 3 nitrogen and oxygen atoms in total. The Bertz CT molecular complexity index is 287. The summed E-state index contributed by atoms with van der Waals surface area (Å²) >= 11 is 0. The molecule has 2 saturated carbocycles. The molecule has 2 aliphatic carbocycles. The summed E-state index contributed by atoms with van der Waals surface area (Å²) in [5.41, 5.74) is 0.528. The molecule has 3 heteroatoms. The van der Waals surface area contributed by atoms with Crippen LogP contribution in [0.15, 0.2) is 0 Å². The predicted octanol–water partition coefficient (Wildman–Crippen LogP) is 1.82. The van der Waals surface area contributed by atoms with Crippen LogP contribution in [0.1, 0.15) is 51.4 Å². The number of hydrogen-bond donors (Lipinski definition) is 2. The number of carbonyl (C=O) groups is 1. The van der Waals surface area contributed by atoms with E-state index in [9.17, 15) is 4.79 Å².